The van der Waals surface area contributed by atoms with E-state index in [0.717, 1.165) is 11.4 Å². The molecule has 5 nitrogen and oxygen atoms in total. The molecule has 2 N–H and O–H groups in total. The summed E-state index contributed by atoms with van der Waals surface area (Å²) in [6.07, 6.45) is 0.788. The van der Waals surface area contributed by atoms with Crippen LogP contribution < -0.4 is 10.2 Å². The van der Waals surface area contributed by atoms with Gasteiger partial charge in [0.2, 0.25) is 0 Å². The summed E-state index contributed by atoms with van der Waals surface area (Å²) in [5.41, 5.74) is 1.11. The summed E-state index contributed by atoms with van der Waals surface area (Å²) in [6, 6.07) is 3.89. The highest BCUT2D eigenvalue weighted by atomic mass is 16.4. The lowest BCUT2D eigenvalue weighted by molar-refractivity contribution is 0.195. The average Bonchev–Trinajstić information content (AvgIpc) is 2.18. The highest BCUT2D eigenvalue weighted by molar-refractivity contribution is 5.64. The summed E-state index contributed by atoms with van der Waals surface area (Å²) in [5.74, 6) is 0.841. The van der Waals surface area contributed by atoms with Crippen LogP contribution in [0, 0.1) is 6.92 Å². The quantitative estimate of drug-likeness (QED) is 0.779. The predicted octanol–water partition coefficient (Wildman–Crippen LogP) is 1.09. The molecule has 0 spiro atoms. The second-order valence-electron chi connectivity index (χ2n) is 3.35. The number of rotatable bonds is 4. The fourth-order valence-electron chi connectivity index (χ4n) is 1.13. The van der Waals surface area contributed by atoms with Crippen molar-refractivity contribution in [1.82, 2.24) is 10.3 Å². The van der Waals surface area contributed by atoms with Gasteiger partial charge in [0, 0.05) is 26.3 Å². The molecule has 0 aliphatic heterocycles. The van der Waals surface area contributed by atoms with Crippen molar-refractivity contribution in [2.75, 3.05) is 25.0 Å². The van der Waals surface area contributed by atoms with E-state index in [-0.39, 0.29) is 0 Å². The first kappa shape index (κ1) is 11.3. The number of nitrogens with one attached hydrogen (secondary N) is 1. The Morgan fingerprint density at radius 2 is 2.33 bits per heavy atom. The molecule has 0 fully saturated rings. The standard InChI is InChI=1S/C10H15N3O2/c1-8-3-4-9(12-7-8)13(2)6-5-11-10(14)15/h3-4,7,11H,5-6H2,1-2H3,(H,14,15). The Labute approximate surface area is 88.7 Å². The van der Waals surface area contributed by atoms with Gasteiger partial charge in [-0.1, -0.05) is 6.07 Å². The van der Waals surface area contributed by atoms with Crippen LogP contribution in [-0.2, 0) is 0 Å². The molecule has 0 atom stereocenters. The highest BCUT2D eigenvalue weighted by Crippen LogP contribution is 2.07. The third-order valence-electron chi connectivity index (χ3n) is 2.01. The normalized spacial score (nSPS) is 9.73. The number of nitrogens with zero attached hydrogens (tertiary/aromatic N) is 2. The van der Waals surface area contributed by atoms with Crippen LogP contribution in [0.15, 0.2) is 18.3 Å². The summed E-state index contributed by atoms with van der Waals surface area (Å²) in [4.78, 5) is 16.3. The maximum atomic E-state index is 10.2. The number of amides is 1. The zero-order valence-corrected chi connectivity index (χ0v) is 8.90. The molecule has 0 unspecified atom stereocenters. The highest BCUT2D eigenvalue weighted by Gasteiger charge is 2.01. The van der Waals surface area contributed by atoms with Gasteiger partial charge in [-0.3, -0.25) is 0 Å². The lowest BCUT2D eigenvalue weighted by atomic mass is 10.3. The molecule has 1 rings (SSSR count). The topological polar surface area (TPSA) is 65.5 Å². The summed E-state index contributed by atoms with van der Waals surface area (Å²) >= 11 is 0. The molecular formula is C10H15N3O2. The van der Waals surface area contributed by atoms with Gasteiger partial charge in [0.1, 0.15) is 5.82 Å². The van der Waals surface area contributed by atoms with Gasteiger partial charge in [-0.15, -0.1) is 0 Å². The smallest absolute Gasteiger partial charge is 0.404 e. The molecule has 1 amide bonds. The second-order valence-corrected chi connectivity index (χ2v) is 3.35. The maximum Gasteiger partial charge on any atom is 0.404 e. The van der Waals surface area contributed by atoms with Crippen molar-refractivity contribution in [2.24, 2.45) is 0 Å². The minimum Gasteiger partial charge on any atom is -0.465 e. The van der Waals surface area contributed by atoms with Gasteiger partial charge in [-0.05, 0) is 18.6 Å². The lowest BCUT2D eigenvalue weighted by Gasteiger charge is -2.17. The zero-order valence-electron chi connectivity index (χ0n) is 8.90. The van der Waals surface area contributed by atoms with Crippen LogP contribution in [0.3, 0.4) is 0 Å². The number of pyridine rings is 1. The van der Waals surface area contributed by atoms with Crippen LogP contribution >= 0.6 is 0 Å². The summed E-state index contributed by atoms with van der Waals surface area (Å²) in [6.45, 7) is 2.96. The SMILES string of the molecule is Cc1ccc(N(C)CCNC(=O)O)nc1. The number of carbonyl (C=O) groups is 1. The number of likely N-dealkylation sites (N-methyl/N-ethyl adjacent to an activating group) is 1. The van der Waals surface area contributed by atoms with E-state index in [1.165, 1.54) is 0 Å². The summed E-state index contributed by atoms with van der Waals surface area (Å²) in [5, 5.41) is 10.7. The van der Waals surface area contributed by atoms with E-state index < -0.39 is 6.09 Å². The van der Waals surface area contributed by atoms with Gasteiger partial charge in [-0.2, -0.15) is 0 Å². The summed E-state index contributed by atoms with van der Waals surface area (Å²) < 4.78 is 0. The van der Waals surface area contributed by atoms with Crippen LogP contribution in [0.5, 0.6) is 0 Å². The predicted molar refractivity (Wildman–Crippen MR) is 58.3 cm³/mol. The van der Waals surface area contributed by atoms with Gasteiger partial charge in [0.25, 0.3) is 0 Å². The molecule has 0 bridgehead atoms. The number of carboxylic acid groups (broad SMARTS) is 1. The molecule has 1 aromatic rings. The largest absolute Gasteiger partial charge is 0.465 e. The molecule has 82 valence electrons. The molecule has 5 heteroatoms. The van der Waals surface area contributed by atoms with Crippen molar-refractivity contribution in [3.63, 3.8) is 0 Å². The van der Waals surface area contributed by atoms with Crippen molar-refractivity contribution in [2.45, 2.75) is 6.92 Å². The fourth-order valence-corrected chi connectivity index (χ4v) is 1.13. The van der Waals surface area contributed by atoms with Crippen LogP contribution in [0.4, 0.5) is 10.6 Å². The molecule has 15 heavy (non-hydrogen) atoms. The van der Waals surface area contributed by atoms with Crippen LogP contribution in [0.2, 0.25) is 0 Å². The molecule has 1 heterocycles. The maximum absolute atomic E-state index is 10.2. The third kappa shape index (κ3) is 3.84. The van der Waals surface area contributed by atoms with Gasteiger partial charge < -0.3 is 15.3 Å². The van der Waals surface area contributed by atoms with Gasteiger partial charge in [-0.25, -0.2) is 9.78 Å². The molecule has 0 aliphatic carbocycles. The van der Waals surface area contributed by atoms with Gasteiger partial charge >= 0.3 is 6.09 Å². The lowest BCUT2D eigenvalue weighted by Crippen LogP contribution is -2.32. The summed E-state index contributed by atoms with van der Waals surface area (Å²) in [7, 11) is 1.88. The van der Waals surface area contributed by atoms with E-state index in [9.17, 15) is 4.79 Å². The van der Waals surface area contributed by atoms with E-state index in [0.29, 0.717) is 13.1 Å². The van der Waals surface area contributed by atoms with Crippen LogP contribution in [0.1, 0.15) is 5.56 Å². The molecule has 0 radical (unpaired) electrons. The fraction of sp³-hybridized carbons (Fsp3) is 0.400. The average molecular weight is 209 g/mol. The Hall–Kier alpha value is -1.78. The van der Waals surface area contributed by atoms with E-state index >= 15 is 0 Å². The number of anilines is 1. The van der Waals surface area contributed by atoms with Crippen molar-refractivity contribution >= 4 is 11.9 Å². The van der Waals surface area contributed by atoms with Crippen molar-refractivity contribution < 1.29 is 9.90 Å². The second kappa shape index (κ2) is 5.19. The molecule has 1 aromatic heterocycles. The van der Waals surface area contributed by atoms with E-state index in [1.807, 2.05) is 31.0 Å². The molecule has 0 saturated heterocycles. The van der Waals surface area contributed by atoms with E-state index in [4.69, 9.17) is 5.11 Å². The van der Waals surface area contributed by atoms with Crippen LogP contribution in [0.25, 0.3) is 0 Å². The third-order valence-corrected chi connectivity index (χ3v) is 2.01. The first-order chi connectivity index (χ1) is 7.09. The number of hydrogen-bond donors (Lipinski definition) is 2. The van der Waals surface area contributed by atoms with Crippen molar-refractivity contribution in [1.29, 1.82) is 0 Å². The molecule has 0 aromatic carbocycles. The molecular weight excluding hydrogens is 194 g/mol. The first-order valence-electron chi connectivity index (χ1n) is 4.70. The molecule has 0 aliphatic rings. The Bertz CT molecular complexity index is 324. The Morgan fingerprint density at radius 1 is 1.60 bits per heavy atom. The van der Waals surface area contributed by atoms with Crippen LogP contribution in [-0.4, -0.2) is 36.3 Å². The number of hydrogen-bond acceptors (Lipinski definition) is 3. The van der Waals surface area contributed by atoms with Crippen molar-refractivity contribution in [3.8, 4) is 0 Å². The van der Waals surface area contributed by atoms with E-state index in [2.05, 4.69) is 10.3 Å². The zero-order chi connectivity index (χ0) is 11.3. The minimum atomic E-state index is -1.000. The van der Waals surface area contributed by atoms with Gasteiger partial charge in [0.05, 0.1) is 0 Å². The minimum absolute atomic E-state index is 0.390. The number of aryl methyl sites for hydroxylation is 1. The number of aromatic nitrogens is 1. The van der Waals surface area contributed by atoms with E-state index in [1.54, 1.807) is 6.20 Å². The first-order valence-corrected chi connectivity index (χ1v) is 4.70. The van der Waals surface area contributed by atoms with Crippen molar-refractivity contribution in [3.05, 3.63) is 23.9 Å². The monoisotopic (exact) mass is 209 g/mol. The molecule has 0 saturated carbocycles. The Balaban J connectivity index is 2.43. The Morgan fingerprint density at radius 3 is 2.87 bits per heavy atom. The van der Waals surface area contributed by atoms with Gasteiger partial charge in [0.15, 0.2) is 0 Å². The Kier molecular flexibility index (Phi) is 3.91.